The first kappa shape index (κ1) is 27.5. The van der Waals surface area contributed by atoms with Crippen LogP contribution in [-0.4, -0.2) is 60.2 Å². The summed E-state index contributed by atoms with van der Waals surface area (Å²) in [6.07, 6.45) is 7.55. The van der Waals surface area contributed by atoms with Crippen LogP contribution in [0.25, 0.3) is 33.9 Å². The zero-order valence-electron chi connectivity index (χ0n) is 24.6. The van der Waals surface area contributed by atoms with Gasteiger partial charge in [-0.15, -0.1) is 0 Å². The SMILES string of the molecule is CN(c1ccccn1)c1ncc(-c2ccccc2)c(-c2ccc(CN3CCC(c4nc(-c5ccccn5)n[nH]4)CC3)cc2)n1. The Morgan fingerprint density at radius 1 is 0.773 bits per heavy atom. The maximum atomic E-state index is 5.05. The molecule has 6 aromatic rings. The van der Waals surface area contributed by atoms with Gasteiger partial charge in [0.1, 0.15) is 17.3 Å². The Labute approximate surface area is 256 Å². The summed E-state index contributed by atoms with van der Waals surface area (Å²) in [6.45, 7) is 2.93. The fourth-order valence-electron chi connectivity index (χ4n) is 5.69. The number of pyridine rings is 2. The number of benzene rings is 2. The number of nitrogens with one attached hydrogen (secondary N) is 1. The van der Waals surface area contributed by atoms with E-state index in [1.54, 1.807) is 12.4 Å². The third-order valence-corrected chi connectivity index (χ3v) is 8.16. The van der Waals surface area contributed by atoms with Crippen LogP contribution in [0.3, 0.4) is 0 Å². The molecule has 1 N–H and O–H groups in total. The highest BCUT2D eigenvalue weighted by molar-refractivity contribution is 5.81. The highest BCUT2D eigenvalue weighted by Crippen LogP contribution is 2.33. The second kappa shape index (κ2) is 12.5. The molecule has 2 aromatic carbocycles. The van der Waals surface area contributed by atoms with Crippen LogP contribution in [0.5, 0.6) is 0 Å². The summed E-state index contributed by atoms with van der Waals surface area (Å²) in [5.41, 5.74) is 6.11. The molecule has 0 atom stereocenters. The van der Waals surface area contributed by atoms with E-state index in [4.69, 9.17) is 15.0 Å². The fraction of sp³-hybridized carbons (Fsp3) is 0.200. The smallest absolute Gasteiger partial charge is 0.231 e. The van der Waals surface area contributed by atoms with Gasteiger partial charge < -0.3 is 0 Å². The summed E-state index contributed by atoms with van der Waals surface area (Å²) in [5, 5.41) is 7.57. The van der Waals surface area contributed by atoms with E-state index in [9.17, 15) is 0 Å². The topological polar surface area (TPSA) is 99.6 Å². The molecule has 0 aliphatic carbocycles. The van der Waals surface area contributed by atoms with Gasteiger partial charge >= 0.3 is 0 Å². The predicted octanol–water partition coefficient (Wildman–Crippen LogP) is 6.53. The molecule has 0 saturated carbocycles. The lowest BCUT2D eigenvalue weighted by molar-refractivity contribution is 0.202. The number of H-pyrrole nitrogens is 1. The molecule has 0 bridgehead atoms. The second-order valence-corrected chi connectivity index (χ2v) is 11.1. The molecule has 5 heterocycles. The van der Waals surface area contributed by atoms with Crippen LogP contribution < -0.4 is 4.90 Å². The molecular weight excluding hydrogens is 546 g/mol. The van der Waals surface area contributed by atoms with Crippen LogP contribution in [0.1, 0.15) is 30.1 Å². The first-order chi connectivity index (χ1) is 21.7. The molecule has 9 nitrogen and oxygen atoms in total. The average Bonchev–Trinajstić information content (AvgIpc) is 3.60. The quantitative estimate of drug-likeness (QED) is 0.217. The lowest BCUT2D eigenvalue weighted by Gasteiger charge is -2.31. The van der Waals surface area contributed by atoms with Crippen molar-refractivity contribution in [1.82, 2.24) is 40.0 Å². The monoisotopic (exact) mass is 579 g/mol. The molecule has 0 amide bonds. The van der Waals surface area contributed by atoms with Crippen molar-refractivity contribution in [3.05, 3.63) is 121 Å². The molecule has 218 valence electrons. The van der Waals surface area contributed by atoms with Crippen LogP contribution in [-0.2, 0) is 6.54 Å². The number of rotatable bonds is 8. The number of aromatic amines is 1. The van der Waals surface area contributed by atoms with E-state index < -0.39 is 0 Å². The molecule has 7 rings (SSSR count). The summed E-state index contributed by atoms with van der Waals surface area (Å²) in [5.74, 6) is 3.40. The van der Waals surface area contributed by atoms with Crippen molar-refractivity contribution in [1.29, 1.82) is 0 Å². The summed E-state index contributed by atoms with van der Waals surface area (Å²) in [6, 6.07) is 30.7. The van der Waals surface area contributed by atoms with Gasteiger partial charge in [-0.05, 0) is 61.3 Å². The molecule has 1 fully saturated rings. The van der Waals surface area contributed by atoms with Crippen molar-refractivity contribution in [3.8, 4) is 33.9 Å². The maximum absolute atomic E-state index is 5.05. The molecule has 44 heavy (non-hydrogen) atoms. The number of hydrogen-bond acceptors (Lipinski definition) is 8. The Hall–Kier alpha value is -5.28. The van der Waals surface area contributed by atoms with Crippen LogP contribution in [0, 0.1) is 0 Å². The van der Waals surface area contributed by atoms with E-state index in [0.29, 0.717) is 17.7 Å². The van der Waals surface area contributed by atoms with E-state index in [0.717, 1.165) is 72.2 Å². The van der Waals surface area contributed by atoms with Gasteiger partial charge in [0, 0.05) is 49.2 Å². The summed E-state index contributed by atoms with van der Waals surface area (Å²) in [7, 11) is 1.94. The van der Waals surface area contributed by atoms with Gasteiger partial charge in [0.05, 0.1) is 5.69 Å². The summed E-state index contributed by atoms with van der Waals surface area (Å²) < 4.78 is 0. The third-order valence-electron chi connectivity index (χ3n) is 8.16. The number of nitrogens with zero attached hydrogens (tertiary/aromatic N) is 8. The largest absolute Gasteiger partial charge is 0.299 e. The highest BCUT2D eigenvalue weighted by Gasteiger charge is 2.24. The molecule has 0 spiro atoms. The van der Waals surface area contributed by atoms with E-state index in [2.05, 4.69) is 61.5 Å². The number of piperidine rings is 1. The molecule has 1 saturated heterocycles. The summed E-state index contributed by atoms with van der Waals surface area (Å²) >= 11 is 0. The fourth-order valence-corrected chi connectivity index (χ4v) is 5.69. The Bertz CT molecular complexity index is 1800. The van der Waals surface area contributed by atoms with Crippen molar-refractivity contribution >= 4 is 11.8 Å². The second-order valence-electron chi connectivity index (χ2n) is 11.1. The van der Waals surface area contributed by atoms with Crippen LogP contribution in [0.2, 0.25) is 0 Å². The van der Waals surface area contributed by atoms with Crippen LogP contribution in [0.15, 0.2) is 110 Å². The van der Waals surface area contributed by atoms with Crippen molar-refractivity contribution in [2.45, 2.75) is 25.3 Å². The van der Waals surface area contributed by atoms with Crippen molar-refractivity contribution in [2.75, 3.05) is 25.0 Å². The lowest BCUT2D eigenvalue weighted by Crippen LogP contribution is -2.32. The minimum atomic E-state index is 0.381. The van der Waals surface area contributed by atoms with Gasteiger partial charge in [0.2, 0.25) is 5.95 Å². The Kier molecular flexibility index (Phi) is 7.84. The number of anilines is 2. The highest BCUT2D eigenvalue weighted by atomic mass is 15.3. The van der Waals surface area contributed by atoms with E-state index >= 15 is 0 Å². The minimum Gasteiger partial charge on any atom is -0.299 e. The first-order valence-electron chi connectivity index (χ1n) is 14.9. The van der Waals surface area contributed by atoms with Gasteiger partial charge in [-0.2, -0.15) is 5.10 Å². The van der Waals surface area contributed by atoms with Gasteiger partial charge in [-0.1, -0.05) is 66.7 Å². The summed E-state index contributed by atoms with van der Waals surface area (Å²) in [4.78, 5) is 27.8. The number of hydrogen-bond donors (Lipinski definition) is 1. The maximum Gasteiger partial charge on any atom is 0.231 e. The minimum absolute atomic E-state index is 0.381. The molecule has 1 aliphatic heterocycles. The van der Waals surface area contributed by atoms with Gasteiger partial charge in [0.25, 0.3) is 0 Å². The molecule has 4 aromatic heterocycles. The van der Waals surface area contributed by atoms with Crippen molar-refractivity contribution in [2.24, 2.45) is 0 Å². The molecule has 0 radical (unpaired) electrons. The van der Waals surface area contributed by atoms with E-state index in [1.165, 1.54) is 5.56 Å². The van der Waals surface area contributed by atoms with Crippen molar-refractivity contribution < 1.29 is 0 Å². The standard InChI is InChI=1S/C35H33N9/c1-43(31-12-6-8-20-37-31)35-38-23-29(26-9-3-2-4-10-26)32(39-35)27-15-13-25(14-16-27)24-44-21-17-28(18-22-44)33-40-34(42-41-33)30-11-5-7-19-36-30/h2-16,19-20,23,28H,17-18,21-22,24H2,1H3,(H,40,41,42). The van der Waals surface area contributed by atoms with Crippen LogP contribution >= 0.6 is 0 Å². The van der Waals surface area contributed by atoms with Gasteiger partial charge in [-0.3, -0.25) is 19.9 Å². The zero-order chi connectivity index (χ0) is 29.7. The normalized spacial score (nSPS) is 14.0. The number of aromatic nitrogens is 7. The van der Waals surface area contributed by atoms with Crippen molar-refractivity contribution in [3.63, 3.8) is 0 Å². The van der Waals surface area contributed by atoms with Crippen LogP contribution in [0.4, 0.5) is 11.8 Å². The Morgan fingerprint density at radius 2 is 1.52 bits per heavy atom. The molecular formula is C35H33N9. The molecule has 1 aliphatic rings. The molecule has 0 unspecified atom stereocenters. The first-order valence-corrected chi connectivity index (χ1v) is 14.9. The van der Waals surface area contributed by atoms with E-state index in [-0.39, 0.29) is 0 Å². The third kappa shape index (κ3) is 5.95. The number of likely N-dealkylation sites (tertiary alicyclic amines) is 1. The van der Waals surface area contributed by atoms with E-state index in [1.807, 2.05) is 72.7 Å². The lowest BCUT2D eigenvalue weighted by atomic mass is 9.95. The average molecular weight is 580 g/mol. The Morgan fingerprint density at radius 3 is 2.25 bits per heavy atom. The predicted molar refractivity (Wildman–Crippen MR) is 172 cm³/mol. The van der Waals surface area contributed by atoms with Gasteiger partial charge in [-0.25, -0.2) is 19.9 Å². The zero-order valence-corrected chi connectivity index (χ0v) is 24.6. The Balaban J connectivity index is 1.05. The molecule has 9 heteroatoms. The van der Waals surface area contributed by atoms with Gasteiger partial charge in [0.15, 0.2) is 5.82 Å².